The van der Waals surface area contributed by atoms with Gasteiger partial charge in [-0.2, -0.15) is 0 Å². The molecule has 0 radical (unpaired) electrons. The summed E-state index contributed by atoms with van der Waals surface area (Å²) in [7, 11) is 0. The Kier molecular flexibility index (Phi) is 6.40. The van der Waals surface area contributed by atoms with Crippen LogP contribution in [0, 0.1) is 5.92 Å². The highest BCUT2D eigenvalue weighted by Crippen LogP contribution is 2.30. The van der Waals surface area contributed by atoms with Crippen LogP contribution in [0.4, 0.5) is 11.4 Å². The number of hydrogen-bond donors (Lipinski definition) is 2. The summed E-state index contributed by atoms with van der Waals surface area (Å²) < 4.78 is 2.05. The van der Waals surface area contributed by atoms with Crippen molar-refractivity contribution in [2.24, 2.45) is 5.92 Å². The lowest BCUT2D eigenvalue weighted by Crippen LogP contribution is -2.27. The molecule has 5 heteroatoms. The van der Waals surface area contributed by atoms with Gasteiger partial charge in [0.05, 0.1) is 0 Å². The third-order valence-corrected chi connectivity index (χ3v) is 7.07. The van der Waals surface area contributed by atoms with E-state index in [0.29, 0.717) is 12.2 Å². The van der Waals surface area contributed by atoms with E-state index in [1.165, 1.54) is 5.56 Å². The highest BCUT2D eigenvalue weighted by atomic mass is 16.2. The second-order valence-corrected chi connectivity index (χ2v) is 10.8. The van der Waals surface area contributed by atoms with Gasteiger partial charge in [0.1, 0.15) is 5.69 Å². The third kappa shape index (κ3) is 5.06. The molecule has 1 aliphatic rings. The van der Waals surface area contributed by atoms with Crippen molar-refractivity contribution in [3.8, 4) is 0 Å². The molecule has 4 aromatic rings. The van der Waals surface area contributed by atoms with E-state index in [1.807, 2.05) is 54.6 Å². The lowest BCUT2D eigenvalue weighted by atomic mass is 9.85. The SMILES string of the molecule is CC(C)(C)c1ccc(Cn2c(C(=O)Nc3ccccc3)cc3cc(NC(=O)C4CCC4)ccc32)cc1. The van der Waals surface area contributed by atoms with Crippen LogP contribution in [-0.4, -0.2) is 16.4 Å². The Morgan fingerprint density at radius 3 is 2.22 bits per heavy atom. The molecule has 1 fully saturated rings. The second kappa shape index (κ2) is 9.65. The van der Waals surface area contributed by atoms with E-state index >= 15 is 0 Å². The molecular weight excluding hydrogens is 446 g/mol. The molecule has 1 aromatic heterocycles. The predicted molar refractivity (Wildman–Crippen MR) is 147 cm³/mol. The highest BCUT2D eigenvalue weighted by Gasteiger charge is 2.25. The number of fused-ring (bicyclic) bond motifs is 1. The fraction of sp³-hybridized carbons (Fsp3) is 0.290. The predicted octanol–water partition coefficient (Wildman–Crippen LogP) is 6.98. The van der Waals surface area contributed by atoms with Crippen LogP contribution < -0.4 is 10.6 Å². The number of aromatic nitrogens is 1. The lowest BCUT2D eigenvalue weighted by Gasteiger charge is -2.24. The zero-order valence-corrected chi connectivity index (χ0v) is 21.2. The Bertz CT molecular complexity index is 1390. The van der Waals surface area contributed by atoms with Crippen LogP contribution >= 0.6 is 0 Å². The molecule has 1 heterocycles. The zero-order chi connectivity index (χ0) is 25.3. The number of nitrogens with zero attached hydrogens (tertiary/aromatic N) is 1. The number of rotatable bonds is 6. The van der Waals surface area contributed by atoms with Gasteiger partial charge in [0.2, 0.25) is 5.91 Å². The lowest BCUT2D eigenvalue weighted by molar-refractivity contribution is -0.122. The second-order valence-electron chi connectivity index (χ2n) is 10.8. The van der Waals surface area contributed by atoms with Gasteiger partial charge >= 0.3 is 0 Å². The van der Waals surface area contributed by atoms with Gasteiger partial charge in [-0.15, -0.1) is 0 Å². The monoisotopic (exact) mass is 479 g/mol. The number of carbonyl (C=O) groups is 2. The molecule has 3 aromatic carbocycles. The van der Waals surface area contributed by atoms with Gasteiger partial charge in [-0.05, 0) is 65.8 Å². The number of para-hydroxylation sites is 1. The first-order chi connectivity index (χ1) is 17.3. The molecule has 184 valence electrons. The summed E-state index contributed by atoms with van der Waals surface area (Å²) in [5.74, 6) is 0.0401. The topological polar surface area (TPSA) is 63.1 Å². The van der Waals surface area contributed by atoms with E-state index in [-0.39, 0.29) is 23.1 Å². The minimum atomic E-state index is -0.163. The normalized spacial score (nSPS) is 13.9. The van der Waals surface area contributed by atoms with Crippen molar-refractivity contribution in [1.29, 1.82) is 0 Å². The molecule has 2 amide bonds. The molecule has 0 spiro atoms. The molecule has 0 aliphatic heterocycles. The summed E-state index contributed by atoms with van der Waals surface area (Å²) in [5, 5.41) is 7.00. The molecule has 1 saturated carbocycles. The van der Waals surface area contributed by atoms with Crippen molar-refractivity contribution < 1.29 is 9.59 Å². The number of carbonyl (C=O) groups excluding carboxylic acids is 2. The maximum absolute atomic E-state index is 13.4. The Balaban J connectivity index is 1.48. The molecule has 1 aliphatic carbocycles. The van der Waals surface area contributed by atoms with Crippen molar-refractivity contribution in [3.63, 3.8) is 0 Å². The number of nitrogens with one attached hydrogen (secondary N) is 2. The van der Waals surface area contributed by atoms with Gasteiger partial charge in [0, 0.05) is 34.7 Å². The van der Waals surface area contributed by atoms with Gasteiger partial charge < -0.3 is 15.2 Å². The minimum absolute atomic E-state index is 0.0831. The van der Waals surface area contributed by atoms with Crippen molar-refractivity contribution in [2.75, 3.05) is 10.6 Å². The average molecular weight is 480 g/mol. The van der Waals surface area contributed by atoms with Gasteiger partial charge in [0.15, 0.2) is 0 Å². The van der Waals surface area contributed by atoms with Gasteiger partial charge in [-0.25, -0.2) is 0 Å². The van der Waals surface area contributed by atoms with Crippen LogP contribution in [0.5, 0.6) is 0 Å². The Morgan fingerprint density at radius 1 is 0.861 bits per heavy atom. The van der Waals surface area contributed by atoms with Crippen molar-refractivity contribution in [1.82, 2.24) is 4.57 Å². The number of amides is 2. The van der Waals surface area contributed by atoms with Crippen molar-refractivity contribution >= 4 is 34.1 Å². The number of anilines is 2. The van der Waals surface area contributed by atoms with Crippen molar-refractivity contribution in [3.05, 3.63) is 95.7 Å². The molecule has 5 rings (SSSR count). The molecule has 0 unspecified atom stereocenters. The molecule has 36 heavy (non-hydrogen) atoms. The van der Waals surface area contributed by atoms with Crippen LogP contribution in [0.15, 0.2) is 78.9 Å². The molecule has 0 bridgehead atoms. The first kappa shape index (κ1) is 23.9. The van der Waals surface area contributed by atoms with Gasteiger partial charge in [0.25, 0.3) is 5.91 Å². The van der Waals surface area contributed by atoms with E-state index in [4.69, 9.17) is 0 Å². The van der Waals surface area contributed by atoms with Crippen LogP contribution in [-0.2, 0) is 16.8 Å². The van der Waals surface area contributed by atoms with Gasteiger partial charge in [-0.1, -0.05) is 69.7 Å². The summed E-state index contributed by atoms with van der Waals surface area (Å²) >= 11 is 0. The third-order valence-electron chi connectivity index (χ3n) is 7.07. The highest BCUT2D eigenvalue weighted by molar-refractivity contribution is 6.07. The number of hydrogen-bond acceptors (Lipinski definition) is 2. The Labute approximate surface area is 212 Å². The standard InChI is InChI=1S/C31H33N3O2/c1-31(2,3)24-14-12-21(13-15-24)20-34-27-17-16-26(33-29(35)22-8-7-9-22)18-23(27)19-28(34)30(36)32-25-10-5-4-6-11-25/h4-6,10-19,22H,7-9,20H2,1-3H3,(H,32,36)(H,33,35). The van der Waals surface area contributed by atoms with Gasteiger partial charge in [-0.3, -0.25) is 9.59 Å². The number of benzene rings is 3. The van der Waals surface area contributed by atoms with E-state index < -0.39 is 0 Å². The summed E-state index contributed by atoms with van der Waals surface area (Å²) in [4.78, 5) is 25.9. The minimum Gasteiger partial charge on any atom is -0.332 e. The van der Waals surface area contributed by atoms with Crippen LogP contribution in [0.3, 0.4) is 0 Å². The van der Waals surface area contributed by atoms with Crippen LogP contribution in [0.1, 0.15) is 61.6 Å². The molecule has 0 saturated heterocycles. The molecule has 5 nitrogen and oxygen atoms in total. The Hall–Kier alpha value is -3.86. The van der Waals surface area contributed by atoms with Crippen molar-refractivity contribution in [2.45, 2.75) is 52.0 Å². The quantitative estimate of drug-likeness (QED) is 0.313. The molecular formula is C31H33N3O2. The van der Waals surface area contributed by atoms with E-state index in [0.717, 1.165) is 47.1 Å². The molecule has 2 N–H and O–H groups in total. The smallest absolute Gasteiger partial charge is 0.272 e. The summed E-state index contributed by atoms with van der Waals surface area (Å²) in [6.45, 7) is 7.18. The Morgan fingerprint density at radius 2 is 1.58 bits per heavy atom. The van der Waals surface area contributed by atoms with E-state index in [9.17, 15) is 9.59 Å². The van der Waals surface area contributed by atoms with E-state index in [2.05, 4.69) is 60.2 Å². The first-order valence-corrected chi connectivity index (χ1v) is 12.7. The molecule has 0 atom stereocenters. The fourth-order valence-electron chi connectivity index (χ4n) is 4.63. The fourth-order valence-corrected chi connectivity index (χ4v) is 4.63. The summed E-state index contributed by atoms with van der Waals surface area (Å²) in [6.07, 6.45) is 3.04. The maximum Gasteiger partial charge on any atom is 0.272 e. The van der Waals surface area contributed by atoms with Crippen LogP contribution in [0.2, 0.25) is 0 Å². The maximum atomic E-state index is 13.4. The largest absolute Gasteiger partial charge is 0.332 e. The average Bonchev–Trinajstić information content (AvgIpc) is 3.16. The first-order valence-electron chi connectivity index (χ1n) is 12.7. The van der Waals surface area contributed by atoms with Crippen LogP contribution in [0.25, 0.3) is 10.9 Å². The zero-order valence-electron chi connectivity index (χ0n) is 21.2. The van der Waals surface area contributed by atoms with E-state index in [1.54, 1.807) is 0 Å². The summed E-state index contributed by atoms with van der Waals surface area (Å²) in [6, 6.07) is 25.9. The summed E-state index contributed by atoms with van der Waals surface area (Å²) in [5.41, 5.74) is 5.53.